The SMILES string of the molecule is Fc1c(OCC(F)(F)F)cc(OCC(F)(F)F)c(C(F)(F)F)c1OCC(F)(F)F. The third-order valence-corrected chi connectivity index (χ3v) is 2.60. The Morgan fingerprint density at radius 3 is 1.34 bits per heavy atom. The molecule has 1 rings (SSSR count). The van der Waals surface area contributed by atoms with Crippen LogP contribution in [-0.4, -0.2) is 38.3 Å². The van der Waals surface area contributed by atoms with Gasteiger partial charge in [-0.25, -0.2) is 0 Å². The summed E-state index contributed by atoms with van der Waals surface area (Å²) >= 11 is 0. The van der Waals surface area contributed by atoms with Gasteiger partial charge in [0.15, 0.2) is 31.3 Å². The van der Waals surface area contributed by atoms with Gasteiger partial charge in [-0.15, -0.1) is 0 Å². The summed E-state index contributed by atoms with van der Waals surface area (Å²) in [4.78, 5) is 0. The zero-order valence-corrected chi connectivity index (χ0v) is 13.3. The van der Waals surface area contributed by atoms with Crippen molar-refractivity contribution in [3.8, 4) is 17.2 Å². The molecular weight excluding hydrogens is 451 g/mol. The number of ether oxygens (including phenoxy) is 3. The van der Waals surface area contributed by atoms with E-state index in [9.17, 15) is 57.1 Å². The Bertz CT molecular complexity index is 700. The molecule has 0 atom stereocenters. The summed E-state index contributed by atoms with van der Waals surface area (Å²) in [5.74, 6) is -8.52. The van der Waals surface area contributed by atoms with Crippen LogP contribution in [0.15, 0.2) is 6.07 Å². The van der Waals surface area contributed by atoms with Crippen LogP contribution in [0.4, 0.5) is 57.1 Å². The topological polar surface area (TPSA) is 27.7 Å². The molecule has 0 aliphatic rings. The molecule has 0 aliphatic heterocycles. The molecule has 0 bridgehead atoms. The van der Waals surface area contributed by atoms with Crippen molar-refractivity contribution in [2.45, 2.75) is 24.7 Å². The zero-order chi connectivity index (χ0) is 22.8. The molecule has 0 aromatic heterocycles. The Kier molecular flexibility index (Phi) is 7.01. The van der Waals surface area contributed by atoms with E-state index in [0.717, 1.165) is 0 Å². The van der Waals surface area contributed by atoms with Crippen molar-refractivity contribution in [2.24, 2.45) is 0 Å². The van der Waals surface area contributed by atoms with Crippen molar-refractivity contribution in [3.05, 3.63) is 17.4 Å². The van der Waals surface area contributed by atoms with Crippen molar-refractivity contribution in [3.63, 3.8) is 0 Å². The molecule has 16 heteroatoms. The lowest BCUT2D eigenvalue weighted by Gasteiger charge is -2.22. The number of hydrogen-bond donors (Lipinski definition) is 0. The summed E-state index contributed by atoms with van der Waals surface area (Å²) in [5, 5.41) is 0. The highest BCUT2D eigenvalue weighted by Gasteiger charge is 2.44. The van der Waals surface area contributed by atoms with Gasteiger partial charge in [0.2, 0.25) is 5.82 Å². The monoisotopic (exact) mass is 458 g/mol. The molecular formula is C13H7F13O3. The molecule has 1 aromatic carbocycles. The molecule has 29 heavy (non-hydrogen) atoms. The molecule has 0 saturated heterocycles. The maximum atomic E-state index is 14.1. The van der Waals surface area contributed by atoms with Crippen LogP contribution in [-0.2, 0) is 6.18 Å². The Balaban J connectivity index is 3.55. The standard InChI is InChI=1S/C13H7F13O3/c14-8-6(28-3-11(18,19)20)1-5(27-2-10(15,16)17)7(13(24,25)26)9(8)29-4-12(21,22)23/h1H,2-4H2. The fourth-order valence-electron chi connectivity index (χ4n) is 1.68. The lowest BCUT2D eigenvalue weighted by atomic mass is 10.1. The summed E-state index contributed by atoms with van der Waals surface area (Å²) < 4.78 is 175. The molecule has 0 unspecified atom stereocenters. The Labute approximate surface area is 151 Å². The predicted octanol–water partition coefficient (Wildman–Crippen LogP) is 5.67. The van der Waals surface area contributed by atoms with E-state index in [0.29, 0.717) is 0 Å². The highest BCUT2D eigenvalue weighted by atomic mass is 19.4. The van der Waals surface area contributed by atoms with E-state index in [4.69, 9.17) is 0 Å². The maximum absolute atomic E-state index is 14.1. The van der Waals surface area contributed by atoms with Gasteiger partial charge in [-0.1, -0.05) is 0 Å². The van der Waals surface area contributed by atoms with Gasteiger partial charge in [0.05, 0.1) is 0 Å². The van der Waals surface area contributed by atoms with Crippen LogP contribution < -0.4 is 14.2 Å². The second-order valence-electron chi connectivity index (χ2n) is 5.10. The predicted molar refractivity (Wildman–Crippen MR) is 66.1 cm³/mol. The fraction of sp³-hybridized carbons (Fsp3) is 0.538. The number of hydrogen-bond acceptors (Lipinski definition) is 3. The molecule has 3 nitrogen and oxygen atoms in total. The fourth-order valence-corrected chi connectivity index (χ4v) is 1.68. The van der Waals surface area contributed by atoms with Gasteiger partial charge in [0.25, 0.3) is 0 Å². The van der Waals surface area contributed by atoms with Crippen molar-refractivity contribution in [2.75, 3.05) is 19.8 Å². The minimum atomic E-state index is -5.81. The average Bonchev–Trinajstić information content (AvgIpc) is 2.47. The minimum absolute atomic E-state index is 0.309. The van der Waals surface area contributed by atoms with Gasteiger partial charge in [0, 0.05) is 6.07 Å². The largest absolute Gasteiger partial charge is 0.483 e. The van der Waals surface area contributed by atoms with E-state index in [-0.39, 0.29) is 6.07 Å². The third kappa shape index (κ3) is 8.31. The molecule has 168 valence electrons. The molecule has 0 aliphatic carbocycles. The molecule has 0 radical (unpaired) electrons. The van der Waals surface area contributed by atoms with Crippen LogP contribution in [0.5, 0.6) is 17.2 Å². The summed E-state index contributed by atoms with van der Waals surface area (Å²) in [6, 6.07) is -0.309. The normalized spacial score (nSPS) is 13.4. The van der Waals surface area contributed by atoms with Crippen LogP contribution >= 0.6 is 0 Å². The van der Waals surface area contributed by atoms with Crippen LogP contribution in [0.25, 0.3) is 0 Å². The molecule has 0 N–H and O–H groups in total. The van der Waals surface area contributed by atoms with Gasteiger partial charge >= 0.3 is 24.7 Å². The van der Waals surface area contributed by atoms with Crippen molar-refractivity contribution in [1.29, 1.82) is 0 Å². The van der Waals surface area contributed by atoms with Gasteiger partial charge in [-0.05, 0) is 0 Å². The molecule has 0 saturated carbocycles. The lowest BCUT2D eigenvalue weighted by molar-refractivity contribution is -0.164. The van der Waals surface area contributed by atoms with E-state index in [1.54, 1.807) is 0 Å². The molecule has 0 heterocycles. The quantitative estimate of drug-likeness (QED) is 0.515. The highest BCUT2D eigenvalue weighted by Crippen LogP contribution is 2.48. The molecule has 1 aromatic rings. The second-order valence-corrected chi connectivity index (χ2v) is 5.10. The third-order valence-electron chi connectivity index (χ3n) is 2.60. The Hall–Kier alpha value is -2.29. The van der Waals surface area contributed by atoms with Crippen molar-refractivity contribution in [1.82, 2.24) is 0 Å². The van der Waals surface area contributed by atoms with E-state index < -0.39 is 73.2 Å². The second kappa shape index (κ2) is 8.22. The van der Waals surface area contributed by atoms with E-state index in [2.05, 4.69) is 14.2 Å². The molecule has 0 spiro atoms. The maximum Gasteiger partial charge on any atom is 0.423 e. The van der Waals surface area contributed by atoms with Crippen LogP contribution in [0.2, 0.25) is 0 Å². The number of alkyl halides is 12. The van der Waals surface area contributed by atoms with Crippen LogP contribution in [0, 0.1) is 5.82 Å². The van der Waals surface area contributed by atoms with Gasteiger partial charge in [-0.2, -0.15) is 57.1 Å². The Morgan fingerprint density at radius 1 is 0.586 bits per heavy atom. The summed E-state index contributed by atoms with van der Waals surface area (Å²) in [6.07, 6.45) is -21.6. The zero-order valence-electron chi connectivity index (χ0n) is 13.3. The van der Waals surface area contributed by atoms with Crippen LogP contribution in [0.1, 0.15) is 5.56 Å². The number of benzene rings is 1. The minimum Gasteiger partial charge on any atom is -0.483 e. The average molecular weight is 458 g/mol. The first-order valence-electron chi connectivity index (χ1n) is 6.82. The Morgan fingerprint density at radius 2 is 0.966 bits per heavy atom. The van der Waals surface area contributed by atoms with Gasteiger partial charge in [0.1, 0.15) is 11.3 Å². The van der Waals surface area contributed by atoms with Crippen molar-refractivity contribution >= 4 is 0 Å². The highest BCUT2D eigenvalue weighted by molar-refractivity contribution is 5.53. The van der Waals surface area contributed by atoms with Gasteiger partial charge in [-0.3, -0.25) is 0 Å². The summed E-state index contributed by atoms with van der Waals surface area (Å²) in [5.41, 5.74) is -2.54. The van der Waals surface area contributed by atoms with Gasteiger partial charge < -0.3 is 14.2 Å². The first-order valence-corrected chi connectivity index (χ1v) is 6.82. The first kappa shape index (κ1) is 24.7. The summed E-state index contributed by atoms with van der Waals surface area (Å²) in [6.45, 7) is -7.31. The van der Waals surface area contributed by atoms with Crippen LogP contribution in [0.3, 0.4) is 0 Å². The van der Waals surface area contributed by atoms with Crippen molar-refractivity contribution < 1.29 is 71.3 Å². The first-order chi connectivity index (χ1) is 12.8. The summed E-state index contributed by atoms with van der Waals surface area (Å²) in [7, 11) is 0. The smallest absolute Gasteiger partial charge is 0.423 e. The molecule has 0 amide bonds. The van der Waals surface area contributed by atoms with E-state index in [1.165, 1.54) is 0 Å². The number of halogens is 13. The molecule has 0 fully saturated rings. The van der Waals surface area contributed by atoms with E-state index >= 15 is 0 Å². The number of rotatable bonds is 6. The van der Waals surface area contributed by atoms with E-state index in [1.807, 2.05) is 0 Å². The lowest BCUT2D eigenvalue weighted by Crippen LogP contribution is -2.24.